The molecule has 0 saturated carbocycles. The number of hydrogen-bond donors (Lipinski definition) is 2. The number of hydrazone groups is 1. The molecule has 0 radical (unpaired) electrons. The van der Waals surface area contributed by atoms with E-state index in [1.54, 1.807) is 13.8 Å². The summed E-state index contributed by atoms with van der Waals surface area (Å²) >= 11 is 0. The molecule has 0 unspecified atom stereocenters. The van der Waals surface area contributed by atoms with Gasteiger partial charge in [0.25, 0.3) is 5.91 Å². The zero-order valence-corrected chi connectivity index (χ0v) is 16.7. The summed E-state index contributed by atoms with van der Waals surface area (Å²) in [5, 5.41) is 6.24. The topological polar surface area (TPSA) is 83.0 Å². The maximum Gasteiger partial charge on any atom is 0.573 e. The van der Waals surface area contributed by atoms with E-state index in [2.05, 4.69) is 20.6 Å². The molecule has 0 aromatic heterocycles. The number of urea groups is 1. The first kappa shape index (κ1) is 23.6. The van der Waals surface area contributed by atoms with Crippen molar-refractivity contribution in [3.8, 4) is 5.75 Å². The van der Waals surface area contributed by atoms with E-state index in [0.717, 1.165) is 24.3 Å². The molecule has 7 nitrogen and oxygen atoms in total. The van der Waals surface area contributed by atoms with Crippen molar-refractivity contribution in [1.29, 1.82) is 0 Å². The van der Waals surface area contributed by atoms with E-state index in [1.165, 1.54) is 29.2 Å². The molecular formula is C20H20F4N4O3. The molecule has 3 amide bonds. The highest BCUT2D eigenvalue weighted by Gasteiger charge is 2.31. The summed E-state index contributed by atoms with van der Waals surface area (Å²) < 4.78 is 53.6. The average Bonchev–Trinajstić information content (AvgIpc) is 2.71. The maximum atomic E-state index is 13.2. The van der Waals surface area contributed by atoms with E-state index in [9.17, 15) is 27.2 Å². The Morgan fingerprint density at radius 1 is 1.00 bits per heavy atom. The fraction of sp³-hybridized carbons (Fsp3) is 0.250. The lowest BCUT2D eigenvalue weighted by molar-refractivity contribution is -0.274. The second-order valence-corrected chi connectivity index (χ2v) is 6.08. The van der Waals surface area contributed by atoms with Crippen LogP contribution in [0.15, 0.2) is 53.6 Å². The first-order valence-corrected chi connectivity index (χ1v) is 9.18. The molecule has 2 rings (SSSR count). The molecule has 166 valence electrons. The van der Waals surface area contributed by atoms with Gasteiger partial charge in [-0.3, -0.25) is 4.79 Å². The Kier molecular flexibility index (Phi) is 7.94. The fourth-order valence-corrected chi connectivity index (χ4v) is 2.51. The van der Waals surface area contributed by atoms with Crippen molar-refractivity contribution in [3.63, 3.8) is 0 Å². The molecule has 0 aliphatic heterocycles. The number of nitrogens with zero attached hydrogens (tertiary/aromatic N) is 2. The van der Waals surface area contributed by atoms with Crippen molar-refractivity contribution < 1.29 is 31.9 Å². The number of carbonyl (C=O) groups is 2. The summed E-state index contributed by atoms with van der Waals surface area (Å²) in [7, 11) is 0. The number of anilines is 1. The number of likely N-dealkylation sites (N-methyl/N-ethyl adjacent to an activating group) is 1. The second kappa shape index (κ2) is 10.4. The summed E-state index contributed by atoms with van der Waals surface area (Å²) in [6, 6.07) is 8.65. The van der Waals surface area contributed by atoms with Crippen molar-refractivity contribution >= 4 is 23.3 Å². The first-order valence-electron chi connectivity index (χ1n) is 9.18. The number of ether oxygens (including phenoxy) is 1. The van der Waals surface area contributed by atoms with E-state index < -0.39 is 29.9 Å². The van der Waals surface area contributed by atoms with Crippen LogP contribution in [0.25, 0.3) is 0 Å². The second-order valence-electron chi connectivity index (χ2n) is 6.08. The van der Waals surface area contributed by atoms with Gasteiger partial charge in [0.1, 0.15) is 11.6 Å². The highest BCUT2D eigenvalue weighted by molar-refractivity contribution is 6.45. The van der Waals surface area contributed by atoms with Gasteiger partial charge >= 0.3 is 12.4 Å². The highest BCUT2D eigenvalue weighted by Crippen LogP contribution is 2.23. The lowest BCUT2D eigenvalue weighted by Gasteiger charge is -2.19. The van der Waals surface area contributed by atoms with Crippen LogP contribution in [0.3, 0.4) is 0 Å². The summed E-state index contributed by atoms with van der Waals surface area (Å²) in [5.41, 5.74) is 2.53. The summed E-state index contributed by atoms with van der Waals surface area (Å²) in [6.07, 6.45) is -4.82. The molecule has 0 saturated heterocycles. The quantitative estimate of drug-likeness (QED) is 0.386. The van der Waals surface area contributed by atoms with Crippen LogP contribution in [0, 0.1) is 5.82 Å². The highest BCUT2D eigenvalue weighted by atomic mass is 19.4. The van der Waals surface area contributed by atoms with Crippen molar-refractivity contribution in [2.75, 3.05) is 18.4 Å². The Hall–Kier alpha value is -3.63. The molecule has 0 aliphatic carbocycles. The molecule has 0 bridgehead atoms. The van der Waals surface area contributed by atoms with E-state index >= 15 is 0 Å². The van der Waals surface area contributed by atoms with Crippen LogP contribution in [-0.4, -0.2) is 42.0 Å². The van der Waals surface area contributed by atoms with Gasteiger partial charge in [0.05, 0.1) is 0 Å². The van der Waals surface area contributed by atoms with Crippen LogP contribution in [0.5, 0.6) is 5.75 Å². The number of halogens is 4. The zero-order chi connectivity index (χ0) is 23.0. The van der Waals surface area contributed by atoms with E-state index in [0.29, 0.717) is 18.7 Å². The smallest absolute Gasteiger partial charge is 0.406 e. The predicted octanol–water partition coefficient (Wildman–Crippen LogP) is 4.12. The third-order valence-electron chi connectivity index (χ3n) is 3.99. The maximum absolute atomic E-state index is 13.2. The lowest BCUT2D eigenvalue weighted by atomic mass is 10.1. The Balaban J connectivity index is 2.14. The van der Waals surface area contributed by atoms with Gasteiger partial charge < -0.3 is 15.0 Å². The molecule has 2 N–H and O–H groups in total. The van der Waals surface area contributed by atoms with Gasteiger partial charge in [-0.05, 0) is 62.4 Å². The third kappa shape index (κ3) is 7.28. The van der Waals surface area contributed by atoms with Crippen molar-refractivity contribution in [2.45, 2.75) is 20.2 Å². The number of rotatable bonds is 7. The van der Waals surface area contributed by atoms with Gasteiger partial charge in [-0.2, -0.15) is 5.10 Å². The van der Waals surface area contributed by atoms with Crippen LogP contribution in [-0.2, 0) is 4.79 Å². The van der Waals surface area contributed by atoms with Crippen LogP contribution >= 0.6 is 0 Å². The molecule has 0 spiro atoms. The van der Waals surface area contributed by atoms with Crippen molar-refractivity contribution in [1.82, 2.24) is 10.3 Å². The van der Waals surface area contributed by atoms with E-state index in [1.807, 2.05) is 0 Å². The molecule has 0 aliphatic rings. The van der Waals surface area contributed by atoms with Crippen LogP contribution in [0.1, 0.15) is 19.4 Å². The standard InChI is InChI=1S/C20H20F4N4O3/c1-3-28(4-2)18(29)17(13-5-7-14(21)8-6-13)26-27-19(30)25-15-9-11-16(12-10-15)31-20(22,23)24/h5-12H,3-4H2,1-2H3,(H2,25,27,30). The number of hydrogen-bond acceptors (Lipinski definition) is 4. The van der Waals surface area contributed by atoms with Gasteiger partial charge in [-0.25, -0.2) is 14.6 Å². The summed E-state index contributed by atoms with van der Waals surface area (Å²) in [5.74, 6) is -1.41. The first-order chi connectivity index (χ1) is 14.6. The number of amides is 3. The van der Waals surface area contributed by atoms with Crippen LogP contribution in [0.4, 0.5) is 28.0 Å². The fourth-order valence-electron chi connectivity index (χ4n) is 2.51. The Bertz CT molecular complexity index is 925. The van der Waals surface area contributed by atoms with E-state index in [-0.39, 0.29) is 11.4 Å². The van der Waals surface area contributed by atoms with Gasteiger partial charge in [0, 0.05) is 24.3 Å². The minimum absolute atomic E-state index is 0.104. The molecule has 31 heavy (non-hydrogen) atoms. The van der Waals surface area contributed by atoms with Crippen LogP contribution in [0.2, 0.25) is 0 Å². The van der Waals surface area contributed by atoms with Crippen molar-refractivity contribution in [2.24, 2.45) is 5.10 Å². The molecule has 0 fully saturated rings. The van der Waals surface area contributed by atoms with E-state index in [4.69, 9.17) is 0 Å². The third-order valence-corrected chi connectivity index (χ3v) is 3.99. The zero-order valence-electron chi connectivity index (χ0n) is 16.7. The van der Waals surface area contributed by atoms with Gasteiger partial charge in [-0.15, -0.1) is 13.2 Å². The largest absolute Gasteiger partial charge is 0.573 e. The minimum atomic E-state index is -4.82. The lowest BCUT2D eigenvalue weighted by Crippen LogP contribution is -2.38. The molecular weight excluding hydrogens is 420 g/mol. The van der Waals surface area contributed by atoms with Gasteiger partial charge in [0.2, 0.25) is 0 Å². The van der Waals surface area contributed by atoms with Gasteiger partial charge in [0.15, 0.2) is 5.71 Å². The Labute approximate surface area is 175 Å². The normalized spacial score (nSPS) is 11.6. The monoisotopic (exact) mass is 440 g/mol. The number of benzene rings is 2. The average molecular weight is 440 g/mol. The van der Waals surface area contributed by atoms with Gasteiger partial charge in [-0.1, -0.05) is 0 Å². The summed E-state index contributed by atoms with van der Waals surface area (Å²) in [6.45, 7) is 4.34. The molecule has 2 aromatic rings. The molecule has 0 heterocycles. The van der Waals surface area contributed by atoms with Crippen molar-refractivity contribution in [3.05, 3.63) is 59.9 Å². The summed E-state index contributed by atoms with van der Waals surface area (Å²) in [4.78, 5) is 26.3. The molecule has 0 atom stereocenters. The molecule has 2 aromatic carbocycles. The number of carbonyl (C=O) groups excluding carboxylic acids is 2. The number of alkyl halides is 3. The Morgan fingerprint density at radius 2 is 1.58 bits per heavy atom. The van der Waals surface area contributed by atoms with Crippen LogP contribution < -0.4 is 15.5 Å². The Morgan fingerprint density at radius 3 is 2.10 bits per heavy atom. The minimum Gasteiger partial charge on any atom is -0.406 e. The predicted molar refractivity (Wildman–Crippen MR) is 106 cm³/mol. The number of nitrogens with one attached hydrogen (secondary N) is 2. The SMILES string of the molecule is CCN(CC)C(=O)C(=NNC(=O)Nc1ccc(OC(F)(F)F)cc1)c1ccc(F)cc1. The molecule has 11 heteroatoms.